The van der Waals surface area contributed by atoms with Crippen LogP contribution in [0.2, 0.25) is 0 Å². The summed E-state index contributed by atoms with van der Waals surface area (Å²) in [5.41, 5.74) is 0.466. The van der Waals surface area contributed by atoms with E-state index >= 15 is 0 Å². The first-order chi connectivity index (χ1) is 6.47. The maximum atomic E-state index is 11.4. The highest BCUT2D eigenvalue weighted by atomic mass is 16.5. The van der Waals surface area contributed by atoms with Crippen LogP contribution >= 0.6 is 0 Å². The van der Waals surface area contributed by atoms with Crippen molar-refractivity contribution < 1.29 is 9.53 Å². The van der Waals surface area contributed by atoms with E-state index in [1.807, 2.05) is 19.9 Å². The summed E-state index contributed by atoms with van der Waals surface area (Å²) >= 11 is 0. The first-order valence-electron chi connectivity index (χ1n) is 4.50. The van der Waals surface area contributed by atoms with Gasteiger partial charge in [-0.25, -0.2) is 0 Å². The van der Waals surface area contributed by atoms with E-state index in [4.69, 9.17) is 4.74 Å². The van der Waals surface area contributed by atoms with E-state index in [1.54, 1.807) is 12.2 Å². The first-order valence-corrected chi connectivity index (χ1v) is 4.50. The van der Waals surface area contributed by atoms with Gasteiger partial charge < -0.3 is 4.74 Å². The van der Waals surface area contributed by atoms with Gasteiger partial charge in [-0.2, -0.15) is 0 Å². The van der Waals surface area contributed by atoms with Gasteiger partial charge in [0.1, 0.15) is 0 Å². The predicted molar refractivity (Wildman–Crippen MR) is 58.9 cm³/mol. The maximum Gasteiger partial charge on any atom is 0.311 e. The van der Waals surface area contributed by atoms with Crippen molar-refractivity contribution in [2.75, 3.05) is 7.11 Å². The third-order valence-electron chi connectivity index (χ3n) is 1.98. The Bertz CT molecular complexity index is 259. The van der Waals surface area contributed by atoms with Crippen LogP contribution in [0.3, 0.4) is 0 Å². The summed E-state index contributed by atoms with van der Waals surface area (Å²) in [7, 11) is 1.40. The van der Waals surface area contributed by atoms with Crippen LogP contribution in [0.1, 0.15) is 20.3 Å². The van der Waals surface area contributed by atoms with Crippen molar-refractivity contribution in [3.63, 3.8) is 0 Å². The van der Waals surface area contributed by atoms with E-state index in [1.165, 1.54) is 7.11 Å². The van der Waals surface area contributed by atoms with Crippen LogP contribution in [-0.2, 0) is 9.53 Å². The molecule has 0 unspecified atom stereocenters. The quantitative estimate of drug-likeness (QED) is 0.497. The van der Waals surface area contributed by atoms with Crippen LogP contribution in [-0.4, -0.2) is 13.1 Å². The summed E-state index contributed by atoms with van der Waals surface area (Å²) < 4.78 is 4.71. The van der Waals surface area contributed by atoms with E-state index in [0.717, 1.165) is 5.57 Å². The molecule has 0 aromatic heterocycles. The number of allylic oxidation sites excluding steroid dienone is 4. The van der Waals surface area contributed by atoms with Gasteiger partial charge in [0.15, 0.2) is 0 Å². The summed E-state index contributed by atoms with van der Waals surface area (Å²) in [4.78, 5) is 11.4. The van der Waals surface area contributed by atoms with E-state index in [0.29, 0.717) is 6.42 Å². The molecule has 0 N–H and O–H groups in total. The average molecular weight is 194 g/mol. The fourth-order valence-corrected chi connectivity index (χ4v) is 1.21. The fraction of sp³-hybridized carbons (Fsp3) is 0.417. The minimum absolute atomic E-state index is 0.214. The molecule has 0 aliphatic rings. The Balaban J connectivity index is 4.63. The molecule has 78 valence electrons. The van der Waals surface area contributed by atoms with Gasteiger partial charge in [-0.15, -0.1) is 0 Å². The van der Waals surface area contributed by atoms with E-state index in [-0.39, 0.29) is 5.97 Å². The number of methoxy groups -OCH3 is 1. The zero-order chi connectivity index (χ0) is 11.2. The third-order valence-corrected chi connectivity index (χ3v) is 1.98. The van der Waals surface area contributed by atoms with Crippen molar-refractivity contribution in [2.45, 2.75) is 20.3 Å². The van der Waals surface area contributed by atoms with Crippen LogP contribution < -0.4 is 0 Å². The van der Waals surface area contributed by atoms with Gasteiger partial charge in [0, 0.05) is 0 Å². The highest BCUT2D eigenvalue weighted by Gasteiger charge is 2.28. The number of carbonyl (C=O) groups excluding carboxylic acids is 1. The van der Waals surface area contributed by atoms with E-state index in [9.17, 15) is 4.79 Å². The molecule has 0 atom stereocenters. The minimum atomic E-state index is -0.516. The fourth-order valence-electron chi connectivity index (χ4n) is 1.21. The van der Waals surface area contributed by atoms with Crippen molar-refractivity contribution in [3.8, 4) is 0 Å². The van der Waals surface area contributed by atoms with Gasteiger partial charge in [-0.3, -0.25) is 4.79 Å². The van der Waals surface area contributed by atoms with E-state index < -0.39 is 5.41 Å². The Hall–Kier alpha value is -1.31. The molecule has 0 aromatic rings. The molecule has 0 aromatic carbocycles. The Morgan fingerprint density at radius 2 is 2.00 bits per heavy atom. The van der Waals surface area contributed by atoms with Crippen LogP contribution in [0.4, 0.5) is 0 Å². The third kappa shape index (κ3) is 3.60. The zero-order valence-electron chi connectivity index (χ0n) is 9.17. The summed E-state index contributed by atoms with van der Waals surface area (Å²) in [5.74, 6) is -0.214. The lowest BCUT2D eigenvalue weighted by Gasteiger charge is -2.21. The first kappa shape index (κ1) is 12.7. The molecular weight excluding hydrogens is 176 g/mol. The Labute approximate surface area is 86.0 Å². The molecular formula is C12H18O2. The predicted octanol–water partition coefficient (Wildman–Crippen LogP) is 2.87. The highest BCUT2D eigenvalue weighted by Crippen LogP contribution is 2.27. The molecule has 0 saturated carbocycles. The zero-order valence-corrected chi connectivity index (χ0v) is 9.17. The van der Waals surface area contributed by atoms with Crippen LogP contribution in [0.25, 0.3) is 0 Å². The molecule has 0 heterocycles. The molecule has 0 bridgehead atoms. The molecule has 0 saturated heterocycles. The lowest BCUT2D eigenvalue weighted by molar-refractivity contribution is -0.150. The summed E-state index contributed by atoms with van der Waals surface area (Å²) in [5, 5.41) is 0. The SMILES string of the molecule is C=C/C=C(\C=C)CC(C)(C)C(=O)OC. The molecule has 2 heteroatoms. The van der Waals surface area contributed by atoms with Crippen molar-refractivity contribution in [3.05, 3.63) is 37.0 Å². The number of hydrogen-bond donors (Lipinski definition) is 0. The molecule has 0 amide bonds. The average Bonchev–Trinajstić information content (AvgIpc) is 2.15. The monoisotopic (exact) mass is 194 g/mol. The lowest BCUT2D eigenvalue weighted by Crippen LogP contribution is -2.25. The van der Waals surface area contributed by atoms with Crippen LogP contribution in [0, 0.1) is 5.41 Å². The lowest BCUT2D eigenvalue weighted by atomic mass is 9.85. The number of esters is 1. The van der Waals surface area contributed by atoms with Gasteiger partial charge in [0.2, 0.25) is 0 Å². The molecule has 0 radical (unpaired) electrons. The van der Waals surface area contributed by atoms with E-state index in [2.05, 4.69) is 13.2 Å². The van der Waals surface area contributed by atoms with Crippen molar-refractivity contribution in [1.29, 1.82) is 0 Å². The van der Waals surface area contributed by atoms with Gasteiger partial charge in [-0.05, 0) is 25.8 Å². The summed E-state index contributed by atoms with van der Waals surface area (Å²) in [6.45, 7) is 11.0. The molecule has 0 aliphatic heterocycles. The maximum absolute atomic E-state index is 11.4. The molecule has 2 nitrogen and oxygen atoms in total. The Morgan fingerprint density at radius 3 is 2.36 bits per heavy atom. The van der Waals surface area contributed by atoms with Crippen molar-refractivity contribution in [2.24, 2.45) is 5.41 Å². The van der Waals surface area contributed by atoms with Crippen LogP contribution in [0.15, 0.2) is 37.0 Å². The van der Waals surface area contributed by atoms with Crippen LogP contribution in [0.5, 0.6) is 0 Å². The second kappa shape index (κ2) is 5.43. The Morgan fingerprint density at radius 1 is 1.43 bits per heavy atom. The highest BCUT2D eigenvalue weighted by molar-refractivity contribution is 5.76. The van der Waals surface area contributed by atoms with Gasteiger partial charge >= 0.3 is 5.97 Å². The number of hydrogen-bond acceptors (Lipinski definition) is 2. The number of rotatable bonds is 5. The van der Waals surface area contributed by atoms with Crippen molar-refractivity contribution in [1.82, 2.24) is 0 Å². The molecule has 0 rings (SSSR count). The number of carbonyl (C=O) groups is 1. The molecule has 0 fully saturated rings. The summed E-state index contributed by atoms with van der Waals surface area (Å²) in [6, 6.07) is 0. The normalized spacial score (nSPS) is 12.1. The molecule has 0 spiro atoms. The molecule has 14 heavy (non-hydrogen) atoms. The van der Waals surface area contributed by atoms with Gasteiger partial charge in [0.25, 0.3) is 0 Å². The smallest absolute Gasteiger partial charge is 0.311 e. The van der Waals surface area contributed by atoms with Crippen molar-refractivity contribution >= 4 is 5.97 Å². The van der Waals surface area contributed by atoms with Gasteiger partial charge in [0.05, 0.1) is 12.5 Å². The largest absolute Gasteiger partial charge is 0.469 e. The molecule has 0 aliphatic carbocycles. The minimum Gasteiger partial charge on any atom is -0.469 e. The number of ether oxygens (including phenoxy) is 1. The standard InChI is InChI=1S/C12H18O2/c1-6-8-10(7-2)9-12(3,4)11(13)14-5/h6-8H,1-2,9H2,3-5H3/b10-8+. The topological polar surface area (TPSA) is 26.3 Å². The second-order valence-corrected chi connectivity index (χ2v) is 3.73. The summed E-state index contributed by atoms with van der Waals surface area (Å²) in [6.07, 6.45) is 5.86. The Kier molecular flexibility index (Phi) is 4.92. The van der Waals surface area contributed by atoms with Gasteiger partial charge in [-0.1, -0.05) is 31.4 Å². The second-order valence-electron chi connectivity index (χ2n) is 3.73.